The van der Waals surface area contributed by atoms with E-state index in [4.69, 9.17) is 0 Å². The van der Waals surface area contributed by atoms with Gasteiger partial charge in [-0.25, -0.2) is 0 Å². The van der Waals surface area contributed by atoms with Crippen molar-refractivity contribution in [2.45, 2.75) is 58.5 Å². The van der Waals surface area contributed by atoms with Crippen LogP contribution in [0, 0.1) is 13.8 Å². The lowest BCUT2D eigenvalue weighted by molar-refractivity contribution is 0.161. The van der Waals surface area contributed by atoms with Gasteiger partial charge in [-0.3, -0.25) is 0 Å². The van der Waals surface area contributed by atoms with Crippen LogP contribution in [-0.4, -0.2) is 11.2 Å². The Morgan fingerprint density at radius 1 is 1.17 bits per heavy atom. The highest BCUT2D eigenvalue weighted by Gasteiger charge is 2.06. The van der Waals surface area contributed by atoms with Gasteiger partial charge in [-0.2, -0.15) is 0 Å². The van der Waals surface area contributed by atoms with Gasteiger partial charge in [0.05, 0.1) is 6.10 Å². The van der Waals surface area contributed by atoms with Crippen LogP contribution in [0.5, 0.6) is 0 Å². The standard InChI is InChI=1S/C17H26O/c1-4-5-6-7-8-9-17(18)13-16-11-10-14(2)15(3)12-16/h4,10-12,17-18H,1,5-9,13H2,2-3H3. The summed E-state index contributed by atoms with van der Waals surface area (Å²) in [6.07, 6.45) is 8.04. The monoisotopic (exact) mass is 246 g/mol. The molecule has 0 fully saturated rings. The van der Waals surface area contributed by atoms with Crippen LogP contribution in [0.15, 0.2) is 30.9 Å². The van der Waals surface area contributed by atoms with Crippen molar-refractivity contribution in [3.05, 3.63) is 47.5 Å². The number of allylic oxidation sites excluding steroid dienone is 1. The second kappa shape index (κ2) is 8.10. The molecule has 1 N–H and O–H groups in total. The van der Waals surface area contributed by atoms with Crippen LogP contribution in [-0.2, 0) is 6.42 Å². The normalized spacial score (nSPS) is 12.4. The van der Waals surface area contributed by atoms with Crippen molar-refractivity contribution in [2.24, 2.45) is 0 Å². The molecule has 0 saturated heterocycles. The minimum Gasteiger partial charge on any atom is -0.393 e. The Morgan fingerprint density at radius 2 is 1.94 bits per heavy atom. The first-order valence-corrected chi connectivity index (χ1v) is 6.98. The van der Waals surface area contributed by atoms with Crippen LogP contribution in [0.25, 0.3) is 0 Å². The molecule has 1 aromatic carbocycles. The second-order valence-electron chi connectivity index (χ2n) is 5.20. The molecule has 0 aliphatic heterocycles. The maximum absolute atomic E-state index is 10.00. The van der Waals surface area contributed by atoms with Crippen LogP contribution in [0.1, 0.15) is 48.8 Å². The van der Waals surface area contributed by atoms with E-state index in [1.54, 1.807) is 0 Å². The molecule has 0 saturated carbocycles. The number of benzene rings is 1. The van der Waals surface area contributed by atoms with E-state index < -0.39 is 0 Å². The lowest BCUT2D eigenvalue weighted by Crippen LogP contribution is -2.10. The highest BCUT2D eigenvalue weighted by atomic mass is 16.3. The fourth-order valence-corrected chi connectivity index (χ4v) is 2.15. The van der Waals surface area contributed by atoms with E-state index in [1.165, 1.54) is 29.5 Å². The van der Waals surface area contributed by atoms with E-state index in [1.807, 2.05) is 6.08 Å². The minimum atomic E-state index is -0.198. The quantitative estimate of drug-likeness (QED) is 0.534. The zero-order valence-electron chi connectivity index (χ0n) is 11.8. The van der Waals surface area contributed by atoms with Gasteiger partial charge < -0.3 is 5.11 Å². The largest absolute Gasteiger partial charge is 0.393 e. The van der Waals surface area contributed by atoms with Gasteiger partial charge in [0.15, 0.2) is 0 Å². The van der Waals surface area contributed by atoms with Crippen LogP contribution < -0.4 is 0 Å². The molecule has 0 amide bonds. The minimum absolute atomic E-state index is 0.198. The maximum atomic E-state index is 10.00. The summed E-state index contributed by atoms with van der Waals surface area (Å²) in [7, 11) is 0. The molecule has 1 atom stereocenters. The first kappa shape index (κ1) is 15.0. The van der Waals surface area contributed by atoms with Crippen molar-refractivity contribution >= 4 is 0 Å². The van der Waals surface area contributed by atoms with E-state index in [2.05, 4.69) is 38.6 Å². The molecule has 0 bridgehead atoms. The summed E-state index contributed by atoms with van der Waals surface area (Å²) < 4.78 is 0. The van der Waals surface area contributed by atoms with Crippen molar-refractivity contribution in [1.29, 1.82) is 0 Å². The van der Waals surface area contributed by atoms with Crippen molar-refractivity contribution in [3.8, 4) is 0 Å². The summed E-state index contributed by atoms with van der Waals surface area (Å²) in [6.45, 7) is 7.96. The summed E-state index contributed by atoms with van der Waals surface area (Å²) >= 11 is 0. The van der Waals surface area contributed by atoms with Crippen LogP contribution in [0.4, 0.5) is 0 Å². The molecule has 1 nitrogen and oxygen atoms in total. The number of unbranched alkanes of at least 4 members (excludes halogenated alkanes) is 3. The number of aliphatic hydroxyl groups excluding tert-OH is 1. The average Bonchev–Trinajstić information content (AvgIpc) is 2.34. The Bertz CT molecular complexity index is 368. The molecule has 0 heterocycles. The number of hydrogen-bond acceptors (Lipinski definition) is 1. The SMILES string of the molecule is C=CCCCCCC(O)Cc1ccc(C)c(C)c1. The highest BCUT2D eigenvalue weighted by molar-refractivity contribution is 5.30. The van der Waals surface area contributed by atoms with Gasteiger partial charge in [-0.15, -0.1) is 6.58 Å². The molecule has 0 aromatic heterocycles. The molecule has 0 aliphatic rings. The van der Waals surface area contributed by atoms with E-state index in [-0.39, 0.29) is 6.10 Å². The van der Waals surface area contributed by atoms with Gasteiger partial charge in [0.2, 0.25) is 0 Å². The van der Waals surface area contributed by atoms with Gasteiger partial charge in [-0.05, 0) is 56.2 Å². The van der Waals surface area contributed by atoms with E-state index in [9.17, 15) is 5.11 Å². The number of aryl methyl sites for hydroxylation is 2. The summed E-state index contributed by atoms with van der Waals surface area (Å²) in [5, 5.41) is 10.00. The fraction of sp³-hybridized carbons (Fsp3) is 0.529. The number of aliphatic hydroxyl groups is 1. The third-order valence-electron chi connectivity index (χ3n) is 3.49. The van der Waals surface area contributed by atoms with Crippen molar-refractivity contribution in [2.75, 3.05) is 0 Å². The van der Waals surface area contributed by atoms with Crippen molar-refractivity contribution < 1.29 is 5.11 Å². The third kappa shape index (κ3) is 5.50. The van der Waals surface area contributed by atoms with Gasteiger partial charge >= 0.3 is 0 Å². The molecule has 100 valence electrons. The first-order valence-electron chi connectivity index (χ1n) is 6.98. The van der Waals surface area contributed by atoms with Crippen LogP contribution >= 0.6 is 0 Å². The Balaban J connectivity index is 2.28. The molecule has 1 unspecified atom stereocenters. The van der Waals surface area contributed by atoms with Gasteiger partial charge in [0.25, 0.3) is 0 Å². The lowest BCUT2D eigenvalue weighted by atomic mass is 9.99. The highest BCUT2D eigenvalue weighted by Crippen LogP contribution is 2.14. The van der Waals surface area contributed by atoms with Crippen LogP contribution in [0.2, 0.25) is 0 Å². The van der Waals surface area contributed by atoms with Crippen molar-refractivity contribution in [3.63, 3.8) is 0 Å². The molecule has 18 heavy (non-hydrogen) atoms. The first-order chi connectivity index (χ1) is 8.63. The van der Waals surface area contributed by atoms with Crippen LogP contribution in [0.3, 0.4) is 0 Å². The molecular weight excluding hydrogens is 220 g/mol. The molecule has 0 aliphatic carbocycles. The van der Waals surface area contributed by atoms with Gasteiger partial charge in [-0.1, -0.05) is 37.1 Å². The third-order valence-corrected chi connectivity index (χ3v) is 3.49. The Hall–Kier alpha value is -1.08. The number of rotatable bonds is 8. The molecule has 0 radical (unpaired) electrons. The predicted octanol–water partition coefficient (Wildman–Crippen LogP) is 4.34. The Kier molecular flexibility index (Phi) is 6.74. The average molecular weight is 246 g/mol. The predicted molar refractivity (Wildman–Crippen MR) is 78.9 cm³/mol. The summed E-state index contributed by atoms with van der Waals surface area (Å²) in [6, 6.07) is 6.46. The topological polar surface area (TPSA) is 20.2 Å². The summed E-state index contributed by atoms with van der Waals surface area (Å²) in [5.41, 5.74) is 3.88. The zero-order valence-corrected chi connectivity index (χ0v) is 11.8. The van der Waals surface area contributed by atoms with Gasteiger partial charge in [0.1, 0.15) is 0 Å². The summed E-state index contributed by atoms with van der Waals surface area (Å²) in [4.78, 5) is 0. The Morgan fingerprint density at radius 3 is 2.61 bits per heavy atom. The smallest absolute Gasteiger partial charge is 0.0580 e. The van der Waals surface area contributed by atoms with E-state index >= 15 is 0 Å². The molecule has 0 spiro atoms. The molecular formula is C17H26O. The lowest BCUT2D eigenvalue weighted by Gasteiger charge is -2.11. The molecule has 1 heteroatoms. The second-order valence-corrected chi connectivity index (χ2v) is 5.20. The zero-order chi connectivity index (χ0) is 13.4. The number of hydrogen-bond donors (Lipinski definition) is 1. The van der Waals surface area contributed by atoms with E-state index in [0.29, 0.717) is 0 Å². The van der Waals surface area contributed by atoms with Crippen molar-refractivity contribution in [1.82, 2.24) is 0 Å². The Labute approximate surface area is 112 Å². The fourth-order valence-electron chi connectivity index (χ4n) is 2.15. The van der Waals surface area contributed by atoms with E-state index in [0.717, 1.165) is 25.7 Å². The maximum Gasteiger partial charge on any atom is 0.0580 e. The summed E-state index contributed by atoms with van der Waals surface area (Å²) in [5.74, 6) is 0. The molecule has 1 aromatic rings. The molecule has 1 rings (SSSR count). The van der Waals surface area contributed by atoms with Gasteiger partial charge in [0, 0.05) is 0 Å².